The predicted octanol–water partition coefficient (Wildman–Crippen LogP) is 0.482. The quantitative estimate of drug-likeness (QED) is 0.758. The smallest absolute Gasteiger partial charge is 0.128 e. The summed E-state index contributed by atoms with van der Waals surface area (Å²) in [6.07, 6.45) is 2.61. The Labute approximate surface area is 95.8 Å². The molecule has 2 fully saturated rings. The van der Waals surface area contributed by atoms with Gasteiger partial charge in [0.1, 0.15) is 5.82 Å². The number of aromatic nitrogens is 1. The Morgan fingerprint density at radius 2 is 2.31 bits per heavy atom. The van der Waals surface area contributed by atoms with Gasteiger partial charge in [-0.05, 0) is 25.0 Å². The van der Waals surface area contributed by atoms with Gasteiger partial charge in [-0.1, -0.05) is 6.07 Å². The normalized spacial score (nSPS) is 22.4. The molecular formula is C12H18N4. The molecule has 0 amide bonds. The van der Waals surface area contributed by atoms with Gasteiger partial charge >= 0.3 is 0 Å². The van der Waals surface area contributed by atoms with Gasteiger partial charge < -0.3 is 16.0 Å². The monoisotopic (exact) mass is 218 g/mol. The number of nitrogens with zero attached hydrogens (tertiary/aromatic N) is 2. The summed E-state index contributed by atoms with van der Waals surface area (Å²) in [5, 5.41) is 3.60. The van der Waals surface area contributed by atoms with Crippen LogP contribution in [0.25, 0.3) is 0 Å². The van der Waals surface area contributed by atoms with Crippen LogP contribution in [0.4, 0.5) is 5.82 Å². The molecule has 0 bridgehead atoms. The van der Waals surface area contributed by atoms with Gasteiger partial charge in [-0.3, -0.25) is 0 Å². The van der Waals surface area contributed by atoms with E-state index in [0.29, 0.717) is 12.1 Å². The van der Waals surface area contributed by atoms with Crippen LogP contribution in [0.3, 0.4) is 0 Å². The molecule has 86 valence electrons. The lowest BCUT2D eigenvalue weighted by Gasteiger charge is -2.35. The molecule has 1 spiro atoms. The molecule has 16 heavy (non-hydrogen) atoms. The zero-order valence-corrected chi connectivity index (χ0v) is 9.45. The fourth-order valence-corrected chi connectivity index (χ4v) is 2.39. The molecule has 1 aromatic heterocycles. The average molecular weight is 218 g/mol. The van der Waals surface area contributed by atoms with E-state index in [2.05, 4.69) is 21.3 Å². The van der Waals surface area contributed by atoms with Crippen LogP contribution < -0.4 is 16.0 Å². The maximum atomic E-state index is 5.62. The molecule has 3 N–H and O–H groups in total. The highest BCUT2D eigenvalue weighted by Gasteiger charge is 2.45. The third kappa shape index (κ3) is 1.79. The molecule has 0 atom stereocenters. The first-order valence-electron chi connectivity index (χ1n) is 5.97. The van der Waals surface area contributed by atoms with Crippen LogP contribution >= 0.6 is 0 Å². The second-order valence-corrected chi connectivity index (χ2v) is 4.82. The second-order valence-electron chi connectivity index (χ2n) is 4.82. The Kier molecular flexibility index (Phi) is 2.33. The van der Waals surface area contributed by atoms with Crippen molar-refractivity contribution in [1.82, 2.24) is 10.3 Å². The number of piperazine rings is 1. The van der Waals surface area contributed by atoms with Crippen molar-refractivity contribution in [3.63, 3.8) is 0 Å². The Balaban J connectivity index is 1.80. The summed E-state index contributed by atoms with van der Waals surface area (Å²) in [6.45, 7) is 3.72. The van der Waals surface area contributed by atoms with Crippen molar-refractivity contribution < 1.29 is 0 Å². The van der Waals surface area contributed by atoms with Crippen LogP contribution in [0.5, 0.6) is 0 Å². The maximum absolute atomic E-state index is 5.62. The molecule has 0 aromatic carbocycles. The lowest BCUT2D eigenvalue weighted by Crippen LogP contribution is -2.52. The minimum absolute atomic E-state index is 0.401. The van der Waals surface area contributed by atoms with Crippen molar-refractivity contribution >= 4 is 5.82 Å². The van der Waals surface area contributed by atoms with Crippen molar-refractivity contribution in [2.24, 2.45) is 5.73 Å². The van der Waals surface area contributed by atoms with Crippen LogP contribution in [-0.2, 0) is 6.54 Å². The van der Waals surface area contributed by atoms with E-state index in [9.17, 15) is 0 Å². The summed E-state index contributed by atoms with van der Waals surface area (Å²) in [5.74, 6) is 1.08. The van der Waals surface area contributed by atoms with Crippen molar-refractivity contribution in [3.05, 3.63) is 23.9 Å². The molecule has 1 saturated heterocycles. The summed E-state index contributed by atoms with van der Waals surface area (Å²) < 4.78 is 0. The van der Waals surface area contributed by atoms with Gasteiger partial charge in [0.15, 0.2) is 0 Å². The zero-order valence-electron chi connectivity index (χ0n) is 9.45. The van der Waals surface area contributed by atoms with Crippen molar-refractivity contribution in [1.29, 1.82) is 0 Å². The number of nitrogens with one attached hydrogen (secondary N) is 1. The minimum atomic E-state index is 0.401. The summed E-state index contributed by atoms with van der Waals surface area (Å²) >= 11 is 0. The summed E-state index contributed by atoms with van der Waals surface area (Å²) in [7, 11) is 0. The largest absolute Gasteiger partial charge is 0.353 e. The van der Waals surface area contributed by atoms with E-state index in [1.165, 1.54) is 12.8 Å². The molecule has 0 unspecified atom stereocenters. The molecule has 0 radical (unpaired) electrons. The van der Waals surface area contributed by atoms with Crippen LogP contribution in [0.1, 0.15) is 18.5 Å². The van der Waals surface area contributed by atoms with Crippen LogP contribution in [0.2, 0.25) is 0 Å². The van der Waals surface area contributed by atoms with Gasteiger partial charge in [0.05, 0.1) is 5.69 Å². The van der Waals surface area contributed by atoms with Crippen molar-refractivity contribution in [2.75, 3.05) is 24.5 Å². The standard InChI is InChI=1S/C12H18N4/c13-8-10-2-1-3-11(15-10)16-7-6-14-12(9-16)4-5-12/h1-3,14H,4-9,13H2. The molecule has 1 aliphatic heterocycles. The number of anilines is 1. The van der Waals surface area contributed by atoms with E-state index in [4.69, 9.17) is 5.73 Å². The number of rotatable bonds is 2. The van der Waals surface area contributed by atoms with Gasteiger partial charge in [-0.2, -0.15) is 0 Å². The average Bonchev–Trinajstić information content (AvgIpc) is 3.08. The van der Waals surface area contributed by atoms with Crippen LogP contribution in [0.15, 0.2) is 18.2 Å². The topological polar surface area (TPSA) is 54.2 Å². The highest BCUT2D eigenvalue weighted by molar-refractivity contribution is 5.41. The number of hydrogen-bond donors (Lipinski definition) is 2. The predicted molar refractivity (Wildman–Crippen MR) is 64.3 cm³/mol. The van der Waals surface area contributed by atoms with Crippen LogP contribution in [0, 0.1) is 0 Å². The first-order chi connectivity index (χ1) is 7.81. The highest BCUT2D eigenvalue weighted by atomic mass is 15.3. The van der Waals surface area contributed by atoms with Crippen LogP contribution in [-0.4, -0.2) is 30.2 Å². The van der Waals surface area contributed by atoms with Crippen molar-refractivity contribution in [2.45, 2.75) is 24.9 Å². The van der Waals surface area contributed by atoms with Gasteiger partial charge in [0.25, 0.3) is 0 Å². The van der Waals surface area contributed by atoms with Gasteiger partial charge in [0, 0.05) is 31.7 Å². The molecule has 2 heterocycles. The van der Waals surface area contributed by atoms with Crippen molar-refractivity contribution in [3.8, 4) is 0 Å². The molecule has 1 aromatic rings. The molecule has 1 aliphatic carbocycles. The highest BCUT2D eigenvalue weighted by Crippen LogP contribution is 2.38. The molecular weight excluding hydrogens is 200 g/mol. The second kappa shape index (κ2) is 3.71. The summed E-state index contributed by atoms with van der Waals surface area (Å²) in [5.41, 5.74) is 6.99. The Morgan fingerprint density at radius 1 is 1.44 bits per heavy atom. The summed E-state index contributed by atoms with van der Waals surface area (Å²) in [6, 6.07) is 6.12. The zero-order chi connectivity index (χ0) is 11.0. The molecule has 3 rings (SSSR count). The van der Waals surface area contributed by atoms with E-state index in [-0.39, 0.29) is 0 Å². The lowest BCUT2D eigenvalue weighted by atomic mass is 10.2. The van der Waals surface area contributed by atoms with E-state index < -0.39 is 0 Å². The molecule has 1 saturated carbocycles. The number of nitrogens with two attached hydrogens (primary N) is 1. The SMILES string of the molecule is NCc1cccc(N2CCNC3(CC3)C2)n1. The summed E-state index contributed by atoms with van der Waals surface area (Å²) in [4.78, 5) is 6.96. The Hall–Kier alpha value is -1.13. The van der Waals surface area contributed by atoms with E-state index in [1.807, 2.05) is 12.1 Å². The Morgan fingerprint density at radius 3 is 3.06 bits per heavy atom. The third-order valence-corrected chi connectivity index (χ3v) is 3.55. The number of hydrogen-bond acceptors (Lipinski definition) is 4. The minimum Gasteiger partial charge on any atom is -0.353 e. The molecule has 4 heteroatoms. The fraction of sp³-hybridized carbons (Fsp3) is 0.583. The maximum Gasteiger partial charge on any atom is 0.128 e. The van der Waals surface area contributed by atoms with E-state index in [0.717, 1.165) is 31.1 Å². The first kappa shape index (κ1) is 10.1. The molecule has 4 nitrogen and oxygen atoms in total. The lowest BCUT2D eigenvalue weighted by molar-refractivity contribution is 0.440. The first-order valence-corrected chi connectivity index (χ1v) is 5.97. The van der Waals surface area contributed by atoms with Gasteiger partial charge in [-0.15, -0.1) is 0 Å². The van der Waals surface area contributed by atoms with Gasteiger partial charge in [-0.25, -0.2) is 4.98 Å². The fourth-order valence-electron chi connectivity index (χ4n) is 2.39. The van der Waals surface area contributed by atoms with Gasteiger partial charge in [0.2, 0.25) is 0 Å². The Bertz CT molecular complexity index is 386. The third-order valence-electron chi connectivity index (χ3n) is 3.55. The number of pyridine rings is 1. The molecule has 2 aliphatic rings. The van der Waals surface area contributed by atoms with E-state index >= 15 is 0 Å². The van der Waals surface area contributed by atoms with E-state index in [1.54, 1.807) is 0 Å².